The van der Waals surface area contributed by atoms with Gasteiger partial charge in [0.25, 0.3) is 5.91 Å². The van der Waals surface area contributed by atoms with E-state index in [2.05, 4.69) is 10.2 Å². The van der Waals surface area contributed by atoms with E-state index in [-0.39, 0.29) is 34.9 Å². The van der Waals surface area contributed by atoms with Gasteiger partial charge in [-0.2, -0.15) is 13.2 Å². The summed E-state index contributed by atoms with van der Waals surface area (Å²) in [6.07, 6.45) is -3.27. The van der Waals surface area contributed by atoms with Crippen molar-refractivity contribution in [2.45, 2.75) is 39.8 Å². The highest BCUT2D eigenvalue weighted by molar-refractivity contribution is 7.91. The molecule has 0 radical (unpaired) electrons. The smallest absolute Gasteiger partial charge is 0.352 e. The molecule has 10 heteroatoms. The Balaban J connectivity index is 1.80. The number of nitrogens with zero attached hydrogens (tertiary/aromatic N) is 1. The number of carbonyl (C=O) groups is 1. The van der Waals surface area contributed by atoms with Crippen molar-refractivity contribution < 1.29 is 30.8 Å². The van der Waals surface area contributed by atoms with Crippen molar-refractivity contribution in [1.82, 2.24) is 10.2 Å². The zero-order chi connectivity index (χ0) is 23.4. The zero-order valence-electron chi connectivity index (χ0n) is 18.1. The van der Waals surface area contributed by atoms with Crippen molar-refractivity contribution in [3.63, 3.8) is 0 Å². The SMILES string of the molecule is CC(C)(C)CS(=O)(=O)CCN1CCC(CNC(=O)c2cc(F)cc(C(F)(F)F)c2)CC1. The van der Waals surface area contributed by atoms with E-state index < -0.39 is 33.3 Å². The van der Waals surface area contributed by atoms with Gasteiger partial charge in [-0.15, -0.1) is 0 Å². The van der Waals surface area contributed by atoms with E-state index in [0.29, 0.717) is 31.8 Å². The summed E-state index contributed by atoms with van der Waals surface area (Å²) < 4.78 is 76.3. The first-order chi connectivity index (χ1) is 14.1. The van der Waals surface area contributed by atoms with Gasteiger partial charge < -0.3 is 10.2 Å². The molecule has 1 heterocycles. The Kier molecular flexibility index (Phi) is 8.13. The maximum Gasteiger partial charge on any atom is 0.416 e. The number of alkyl halides is 3. The normalized spacial score (nSPS) is 17.0. The minimum Gasteiger partial charge on any atom is -0.352 e. The molecule has 0 aliphatic carbocycles. The maximum atomic E-state index is 13.5. The summed E-state index contributed by atoms with van der Waals surface area (Å²) in [6, 6.07) is 1.78. The van der Waals surface area contributed by atoms with Crippen LogP contribution in [0, 0.1) is 17.2 Å². The molecule has 1 N–H and O–H groups in total. The van der Waals surface area contributed by atoms with Crippen LogP contribution in [0.4, 0.5) is 17.6 Å². The molecule has 0 unspecified atom stereocenters. The molecule has 176 valence electrons. The third-order valence-corrected chi connectivity index (χ3v) is 7.23. The number of amides is 1. The summed E-state index contributed by atoms with van der Waals surface area (Å²) in [4.78, 5) is 14.3. The molecule has 0 saturated carbocycles. The number of sulfone groups is 1. The number of benzene rings is 1. The zero-order valence-corrected chi connectivity index (χ0v) is 18.9. The highest BCUT2D eigenvalue weighted by atomic mass is 32.2. The second kappa shape index (κ2) is 9.85. The minimum atomic E-state index is -4.73. The molecule has 0 bridgehead atoms. The highest BCUT2D eigenvalue weighted by Gasteiger charge is 2.32. The first-order valence-corrected chi connectivity index (χ1v) is 12.1. The van der Waals surface area contributed by atoms with Crippen LogP contribution in [0.25, 0.3) is 0 Å². The molecule has 1 fully saturated rings. The molecule has 31 heavy (non-hydrogen) atoms. The summed E-state index contributed by atoms with van der Waals surface area (Å²) >= 11 is 0. The number of nitrogens with one attached hydrogen (secondary N) is 1. The van der Waals surface area contributed by atoms with Gasteiger partial charge in [0.15, 0.2) is 9.84 Å². The largest absolute Gasteiger partial charge is 0.416 e. The number of rotatable bonds is 7. The number of hydrogen-bond acceptors (Lipinski definition) is 4. The van der Waals surface area contributed by atoms with E-state index in [4.69, 9.17) is 0 Å². The van der Waals surface area contributed by atoms with E-state index in [0.717, 1.165) is 18.9 Å². The highest BCUT2D eigenvalue weighted by Crippen LogP contribution is 2.30. The third kappa shape index (κ3) is 8.76. The number of piperidine rings is 1. The Bertz CT molecular complexity index is 872. The minimum absolute atomic E-state index is 0.104. The summed E-state index contributed by atoms with van der Waals surface area (Å²) in [6.45, 7) is 7.76. The van der Waals surface area contributed by atoms with Gasteiger partial charge in [0.05, 0.1) is 17.1 Å². The van der Waals surface area contributed by atoms with Crippen molar-refractivity contribution in [2.75, 3.05) is 37.7 Å². The van der Waals surface area contributed by atoms with E-state index in [1.54, 1.807) is 0 Å². The van der Waals surface area contributed by atoms with Crippen molar-refractivity contribution in [1.29, 1.82) is 0 Å². The molecule has 1 amide bonds. The second-order valence-corrected chi connectivity index (χ2v) is 11.6. The van der Waals surface area contributed by atoms with Crippen LogP contribution in [0.1, 0.15) is 49.5 Å². The Hall–Kier alpha value is -1.68. The standard InChI is InChI=1S/C21H30F4N2O3S/c1-20(2,3)14-31(29,30)9-8-27-6-4-15(5-7-27)13-26-19(28)16-10-17(21(23,24)25)12-18(22)11-16/h10-12,15H,4-9,13-14H2,1-3H3,(H,26,28). The van der Waals surface area contributed by atoms with Crippen LogP contribution >= 0.6 is 0 Å². The van der Waals surface area contributed by atoms with E-state index in [1.165, 1.54) is 0 Å². The molecule has 0 aromatic heterocycles. The Labute approximate surface area is 181 Å². The Morgan fingerprint density at radius 3 is 2.29 bits per heavy atom. The van der Waals surface area contributed by atoms with Crippen LogP contribution in [0.2, 0.25) is 0 Å². The third-order valence-electron chi connectivity index (χ3n) is 5.12. The van der Waals surface area contributed by atoms with Gasteiger partial charge in [-0.25, -0.2) is 12.8 Å². The van der Waals surface area contributed by atoms with E-state index >= 15 is 0 Å². The van der Waals surface area contributed by atoms with Crippen LogP contribution in [0.15, 0.2) is 18.2 Å². The molecule has 1 aromatic carbocycles. The summed E-state index contributed by atoms with van der Waals surface area (Å²) in [7, 11) is -3.13. The number of likely N-dealkylation sites (tertiary alicyclic amines) is 1. The molecule has 2 rings (SSSR count). The van der Waals surface area contributed by atoms with Gasteiger partial charge >= 0.3 is 6.18 Å². The van der Waals surface area contributed by atoms with Crippen molar-refractivity contribution in [2.24, 2.45) is 11.3 Å². The lowest BCUT2D eigenvalue weighted by atomic mass is 9.96. The van der Waals surface area contributed by atoms with Gasteiger partial charge in [-0.3, -0.25) is 4.79 Å². The number of hydrogen-bond donors (Lipinski definition) is 1. The molecule has 0 spiro atoms. The van der Waals surface area contributed by atoms with Crippen LogP contribution in [0.3, 0.4) is 0 Å². The Morgan fingerprint density at radius 2 is 1.74 bits per heavy atom. The summed E-state index contributed by atoms with van der Waals surface area (Å²) in [5.41, 5.74) is -1.85. The van der Waals surface area contributed by atoms with Crippen LogP contribution < -0.4 is 5.32 Å². The molecule has 1 saturated heterocycles. The first kappa shape index (κ1) is 25.6. The fourth-order valence-corrected chi connectivity index (χ4v) is 5.64. The fraction of sp³-hybridized carbons (Fsp3) is 0.667. The number of carbonyl (C=O) groups excluding carboxylic acids is 1. The topological polar surface area (TPSA) is 66.5 Å². The lowest BCUT2D eigenvalue weighted by Crippen LogP contribution is -2.41. The molecule has 1 aliphatic heterocycles. The first-order valence-electron chi connectivity index (χ1n) is 10.2. The van der Waals surface area contributed by atoms with Gasteiger partial charge in [0, 0.05) is 18.7 Å². The van der Waals surface area contributed by atoms with Crippen LogP contribution in [-0.4, -0.2) is 56.9 Å². The summed E-state index contributed by atoms with van der Waals surface area (Å²) in [5.74, 6) is -1.50. The van der Waals surface area contributed by atoms with Gasteiger partial charge in [0.2, 0.25) is 0 Å². The predicted octanol–water partition coefficient (Wildman–Crippen LogP) is 3.75. The van der Waals surface area contributed by atoms with Crippen LogP contribution in [0.5, 0.6) is 0 Å². The maximum absolute atomic E-state index is 13.5. The van der Waals surface area contributed by atoms with Gasteiger partial charge in [-0.05, 0) is 55.5 Å². The lowest BCUT2D eigenvalue weighted by Gasteiger charge is -2.32. The van der Waals surface area contributed by atoms with Gasteiger partial charge in [-0.1, -0.05) is 20.8 Å². The molecule has 1 aromatic rings. The molecule has 5 nitrogen and oxygen atoms in total. The average molecular weight is 467 g/mol. The second-order valence-electron chi connectivity index (χ2n) is 9.37. The quantitative estimate of drug-likeness (QED) is 0.622. The molecule has 0 atom stereocenters. The molecular formula is C21H30F4N2O3S. The van der Waals surface area contributed by atoms with Gasteiger partial charge in [0.1, 0.15) is 5.82 Å². The Morgan fingerprint density at radius 1 is 1.13 bits per heavy atom. The predicted molar refractivity (Wildman–Crippen MR) is 111 cm³/mol. The van der Waals surface area contributed by atoms with Crippen molar-refractivity contribution >= 4 is 15.7 Å². The van der Waals surface area contributed by atoms with E-state index in [1.807, 2.05) is 20.8 Å². The fourth-order valence-electron chi connectivity index (χ4n) is 3.64. The summed E-state index contributed by atoms with van der Waals surface area (Å²) in [5, 5.41) is 2.58. The van der Waals surface area contributed by atoms with Crippen molar-refractivity contribution in [3.05, 3.63) is 35.1 Å². The average Bonchev–Trinajstić information content (AvgIpc) is 2.62. The van der Waals surface area contributed by atoms with Crippen LogP contribution in [-0.2, 0) is 16.0 Å². The molecule has 1 aliphatic rings. The number of halogens is 4. The van der Waals surface area contributed by atoms with E-state index in [9.17, 15) is 30.8 Å². The van der Waals surface area contributed by atoms with Crippen molar-refractivity contribution in [3.8, 4) is 0 Å². The monoisotopic (exact) mass is 466 g/mol. The lowest BCUT2D eigenvalue weighted by molar-refractivity contribution is -0.137. The molecular weight excluding hydrogens is 436 g/mol.